The Balaban J connectivity index is 1.38. The van der Waals surface area contributed by atoms with Gasteiger partial charge in [-0.3, -0.25) is 4.79 Å². The molecule has 3 aromatic carbocycles. The van der Waals surface area contributed by atoms with Crippen LogP contribution in [-0.4, -0.2) is 44.3 Å². The lowest BCUT2D eigenvalue weighted by molar-refractivity contribution is -0.119. The molecule has 194 valence electrons. The molecule has 1 N–H and O–H groups in total. The maximum atomic E-state index is 13.0. The molecule has 37 heavy (non-hydrogen) atoms. The van der Waals surface area contributed by atoms with Gasteiger partial charge in [-0.2, -0.15) is 4.31 Å². The maximum Gasteiger partial charge on any atom is 0.342 e. The molecule has 4 rings (SSSR count). The molecule has 1 fully saturated rings. The standard InChI is InChI=1S/C27H27ClN2O6S/c28-23-14-13-21(37(33,34)30-15-7-2-8-16-30)17-24(23)29-26(31)19-36-27(32)22-11-5-6-12-25(22)35-18-20-9-3-1-4-10-20/h1,3-6,9-14,17H,2,7-8,15-16,18-19H2,(H,29,31). The van der Waals surface area contributed by atoms with Gasteiger partial charge in [0.2, 0.25) is 10.0 Å². The maximum absolute atomic E-state index is 13.0. The van der Waals surface area contributed by atoms with E-state index in [9.17, 15) is 18.0 Å². The lowest BCUT2D eigenvalue weighted by Crippen LogP contribution is -2.35. The van der Waals surface area contributed by atoms with Crippen molar-refractivity contribution >= 4 is 39.2 Å². The van der Waals surface area contributed by atoms with Crippen molar-refractivity contribution in [3.05, 3.63) is 88.9 Å². The first-order valence-corrected chi connectivity index (χ1v) is 13.7. The molecule has 1 aliphatic heterocycles. The topological polar surface area (TPSA) is 102 Å². The van der Waals surface area contributed by atoms with E-state index in [1.807, 2.05) is 30.3 Å². The van der Waals surface area contributed by atoms with E-state index in [2.05, 4.69) is 5.32 Å². The highest BCUT2D eigenvalue weighted by atomic mass is 35.5. The molecule has 0 unspecified atom stereocenters. The number of esters is 1. The molecule has 1 heterocycles. The minimum atomic E-state index is -3.71. The minimum Gasteiger partial charge on any atom is -0.488 e. The molecule has 1 amide bonds. The van der Waals surface area contributed by atoms with Crippen LogP contribution >= 0.6 is 11.6 Å². The van der Waals surface area contributed by atoms with Gasteiger partial charge in [-0.25, -0.2) is 13.2 Å². The number of anilines is 1. The summed E-state index contributed by atoms with van der Waals surface area (Å²) in [6.45, 7) is 0.588. The fourth-order valence-electron chi connectivity index (χ4n) is 3.91. The monoisotopic (exact) mass is 542 g/mol. The zero-order valence-electron chi connectivity index (χ0n) is 20.1. The average molecular weight is 543 g/mol. The van der Waals surface area contributed by atoms with Gasteiger partial charge < -0.3 is 14.8 Å². The van der Waals surface area contributed by atoms with Crippen molar-refractivity contribution in [3.63, 3.8) is 0 Å². The van der Waals surface area contributed by atoms with Crippen LogP contribution in [0.25, 0.3) is 0 Å². The van der Waals surface area contributed by atoms with Crippen LogP contribution in [0.2, 0.25) is 5.02 Å². The highest BCUT2D eigenvalue weighted by Crippen LogP contribution is 2.28. The second kappa shape index (κ2) is 12.2. The molecular formula is C27H27ClN2O6S. The SMILES string of the molecule is O=C(COC(=O)c1ccccc1OCc1ccccc1)Nc1cc(S(=O)(=O)N2CCCCC2)ccc1Cl. The van der Waals surface area contributed by atoms with Crippen LogP contribution in [0.1, 0.15) is 35.2 Å². The summed E-state index contributed by atoms with van der Waals surface area (Å²) >= 11 is 6.19. The average Bonchev–Trinajstić information content (AvgIpc) is 2.93. The highest BCUT2D eigenvalue weighted by Gasteiger charge is 2.27. The lowest BCUT2D eigenvalue weighted by atomic mass is 10.2. The lowest BCUT2D eigenvalue weighted by Gasteiger charge is -2.26. The van der Waals surface area contributed by atoms with Crippen LogP contribution in [-0.2, 0) is 26.2 Å². The van der Waals surface area contributed by atoms with E-state index in [0.29, 0.717) is 18.8 Å². The number of carbonyl (C=O) groups excluding carboxylic acids is 2. The van der Waals surface area contributed by atoms with E-state index >= 15 is 0 Å². The molecule has 0 aliphatic carbocycles. The zero-order valence-corrected chi connectivity index (χ0v) is 21.6. The number of amides is 1. The van der Waals surface area contributed by atoms with Gasteiger partial charge in [-0.1, -0.05) is 60.5 Å². The normalized spacial score (nSPS) is 14.1. The zero-order chi connectivity index (χ0) is 26.3. The summed E-state index contributed by atoms with van der Waals surface area (Å²) in [4.78, 5) is 25.2. The Hall–Kier alpha value is -3.40. The Morgan fingerprint density at radius 3 is 2.38 bits per heavy atom. The van der Waals surface area contributed by atoms with Crippen molar-refractivity contribution in [1.82, 2.24) is 4.31 Å². The number of hydrogen-bond donors (Lipinski definition) is 1. The van der Waals surface area contributed by atoms with Crippen molar-refractivity contribution in [2.24, 2.45) is 0 Å². The Kier molecular flexibility index (Phi) is 8.81. The van der Waals surface area contributed by atoms with Crippen LogP contribution < -0.4 is 10.1 Å². The fraction of sp³-hybridized carbons (Fsp3) is 0.259. The summed E-state index contributed by atoms with van der Waals surface area (Å²) in [6, 6.07) is 20.2. The van der Waals surface area contributed by atoms with Gasteiger partial charge in [0.1, 0.15) is 17.9 Å². The van der Waals surface area contributed by atoms with E-state index in [1.165, 1.54) is 22.5 Å². The van der Waals surface area contributed by atoms with Gasteiger partial charge in [0.15, 0.2) is 6.61 Å². The molecule has 0 saturated carbocycles. The third-order valence-electron chi connectivity index (χ3n) is 5.84. The van der Waals surface area contributed by atoms with Crippen molar-refractivity contribution in [3.8, 4) is 5.75 Å². The number of para-hydroxylation sites is 1. The number of piperidine rings is 1. The molecule has 1 saturated heterocycles. The smallest absolute Gasteiger partial charge is 0.342 e. The van der Waals surface area contributed by atoms with E-state index < -0.39 is 28.5 Å². The Morgan fingerprint density at radius 2 is 1.62 bits per heavy atom. The predicted molar refractivity (Wildman–Crippen MR) is 140 cm³/mol. The van der Waals surface area contributed by atoms with Gasteiger partial charge in [-0.15, -0.1) is 0 Å². The first kappa shape index (κ1) is 26.7. The van der Waals surface area contributed by atoms with E-state index in [1.54, 1.807) is 24.3 Å². The summed E-state index contributed by atoms with van der Waals surface area (Å²) in [6.07, 6.45) is 2.61. The van der Waals surface area contributed by atoms with Crippen LogP contribution in [0.15, 0.2) is 77.7 Å². The number of nitrogens with one attached hydrogen (secondary N) is 1. The highest BCUT2D eigenvalue weighted by molar-refractivity contribution is 7.89. The number of rotatable bonds is 9. The van der Waals surface area contributed by atoms with Gasteiger partial charge in [0.05, 0.1) is 15.6 Å². The molecule has 10 heteroatoms. The van der Waals surface area contributed by atoms with Crippen molar-refractivity contribution in [2.75, 3.05) is 25.0 Å². The molecular weight excluding hydrogens is 516 g/mol. The van der Waals surface area contributed by atoms with E-state index in [-0.39, 0.29) is 27.8 Å². The second-order valence-corrected chi connectivity index (χ2v) is 10.8. The van der Waals surface area contributed by atoms with Gasteiger partial charge in [0.25, 0.3) is 5.91 Å². The van der Waals surface area contributed by atoms with Crippen LogP contribution in [0.3, 0.4) is 0 Å². The van der Waals surface area contributed by atoms with Crippen molar-refractivity contribution < 1.29 is 27.5 Å². The number of halogens is 1. The fourth-order valence-corrected chi connectivity index (χ4v) is 5.62. The Morgan fingerprint density at radius 1 is 0.919 bits per heavy atom. The van der Waals surface area contributed by atoms with Crippen LogP contribution in [0.4, 0.5) is 5.69 Å². The molecule has 0 radical (unpaired) electrons. The molecule has 0 atom stereocenters. The number of ether oxygens (including phenoxy) is 2. The van der Waals surface area contributed by atoms with Crippen LogP contribution in [0, 0.1) is 0 Å². The number of hydrogen-bond acceptors (Lipinski definition) is 6. The third kappa shape index (κ3) is 6.88. The predicted octanol–water partition coefficient (Wildman–Crippen LogP) is 4.89. The summed E-state index contributed by atoms with van der Waals surface area (Å²) in [5.74, 6) is -1.06. The molecule has 0 aromatic heterocycles. The number of sulfonamides is 1. The minimum absolute atomic E-state index is 0.0376. The van der Waals surface area contributed by atoms with E-state index in [0.717, 1.165) is 24.8 Å². The molecule has 1 aliphatic rings. The van der Waals surface area contributed by atoms with Crippen molar-refractivity contribution in [1.29, 1.82) is 0 Å². The first-order chi connectivity index (χ1) is 17.8. The third-order valence-corrected chi connectivity index (χ3v) is 8.07. The molecule has 3 aromatic rings. The molecule has 8 nitrogen and oxygen atoms in total. The summed E-state index contributed by atoms with van der Waals surface area (Å²) < 4.78 is 38.3. The largest absolute Gasteiger partial charge is 0.488 e. The van der Waals surface area contributed by atoms with E-state index in [4.69, 9.17) is 21.1 Å². The number of carbonyl (C=O) groups is 2. The number of nitrogens with zero attached hydrogens (tertiary/aromatic N) is 1. The Labute approximate surface area is 221 Å². The first-order valence-electron chi connectivity index (χ1n) is 11.9. The number of benzene rings is 3. The quantitative estimate of drug-likeness (QED) is 0.386. The van der Waals surface area contributed by atoms with Crippen LogP contribution in [0.5, 0.6) is 5.75 Å². The summed E-state index contributed by atoms with van der Waals surface area (Å²) in [5, 5.41) is 2.70. The van der Waals surface area contributed by atoms with Gasteiger partial charge >= 0.3 is 5.97 Å². The van der Waals surface area contributed by atoms with Crippen molar-refractivity contribution in [2.45, 2.75) is 30.8 Å². The van der Waals surface area contributed by atoms with Gasteiger partial charge in [0, 0.05) is 13.1 Å². The molecule has 0 bridgehead atoms. The second-order valence-electron chi connectivity index (χ2n) is 8.50. The molecule has 0 spiro atoms. The summed E-state index contributed by atoms with van der Waals surface area (Å²) in [7, 11) is -3.71. The summed E-state index contributed by atoms with van der Waals surface area (Å²) in [5.41, 5.74) is 1.23. The van der Waals surface area contributed by atoms with Gasteiger partial charge in [-0.05, 0) is 48.7 Å². The Bertz CT molecular complexity index is 1360.